The molecule has 2 aromatic rings. The van der Waals surface area contributed by atoms with Crippen LogP contribution in [0.1, 0.15) is 0 Å². The van der Waals surface area contributed by atoms with Gasteiger partial charge in [-0.3, -0.25) is 0 Å². The highest BCUT2D eigenvalue weighted by atomic mass is 32.2. The summed E-state index contributed by atoms with van der Waals surface area (Å²) in [5.41, 5.74) is -0.119. The largest absolute Gasteiger partial charge is 0.867 e. The van der Waals surface area contributed by atoms with Gasteiger partial charge in [0, 0.05) is 25.5 Å². The smallest absolute Gasteiger partial charge is 0.378 e. The first-order chi connectivity index (χ1) is 8.89. The van der Waals surface area contributed by atoms with Gasteiger partial charge in [0.2, 0.25) is 15.4 Å². The van der Waals surface area contributed by atoms with Gasteiger partial charge in [0.15, 0.2) is 4.98 Å². The molecule has 2 aromatic carbocycles. The molecule has 19 heavy (non-hydrogen) atoms. The van der Waals surface area contributed by atoms with E-state index in [1.165, 1.54) is 44.4 Å². The van der Waals surface area contributed by atoms with Crippen LogP contribution < -0.4 is 5.11 Å². The van der Waals surface area contributed by atoms with Crippen molar-refractivity contribution in [2.45, 2.75) is 4.90 Å². The highest BCUT2D eigenvalue weighted by Crippen LogP contribution is 2.35. The van der Waals surface area contributed by atoms with Crippen LogP contribution in [-0.2, 0) is 10.0 Å². The number of benzene rings is 2. The van der Waals surface area contributed by atoms with Crippen LogP contribution in [0.5, 0.6) is 5.75 Å². The van der Waals surface area contributed by atoms with Gasteiger partial charge in [0.25, 0.3) is 0 Å². The third-order valence-corrected chi connectivity index (χ3v) is 4.69. The van der Waals surface area contributed by atoms with Gasteiger partial charge in [0.05, 0.1) is 4.90 Å². The first-order valence-corrected chi connectivity index (χ1v) is 6.84. The normalized spacial score (nSPS) is 11.7. The Morgan fingerprint density at radius 3 is 2.42 bits per heavy atom. The molecule has 2 rings (SSSR count). The molecule has 98 valence electrons. The van der Waals surface area contributed by atoms with E-state index in [1.54, 1.807) is 0 Å². The summed E-state index contributed by atoms with van der Waals surface area (Å²) >= 11 is 0. The summed E-state index contributed by atoms with van der Waals surface area (Å²) < 4.78 is 25.4. The zero-order valence-electron chi connectivity index (χ0n) is 10.4. The summed E-state index contributed by atoms with van der Waals surface area (Å²) in [5.74, 6) is -0.504. The quantitative estimate of drug-likeness (QED) is 0.781. The lowest BCUT2D eigenvalue weighted by Gasteiger charge is -2.15. The minimum Gasteiger partial charge on any atom is -0.867 e. The average molecular weight is 277 g/mol. The fraction of sp³-hybridized carbons (Fsp3) is 0.167. The summed E-state index contributed by atoms with van der Waals surface area (Å²) in [6.07, 6.45) is 0. The second kappa shape index (κ2) is 4.50. The molecule has 7 heteroatoms. The Balaban J connectivity index is 2.88. The Kier molecular flexibility index (Phi) is 3.14. The fourth-order valence-electron chi connectivity index (χ4n) is 1.79. The number of diazo groups is 1. The highest BCUT2D eigenvalue weighted by Gasteiger charge is 2.21. The van der Waals surface area contributed by atoms with Crippen molar-refractivity contribution in [2.24, 2.45) is 0 Å². The molecule has 0 bridgehead atoms. The number of nitrogens with zero attached hydrogens (tertiary/aromatic N) is 3. The van der Waals surface area contributed by atoms with Crippen LogP contribution in [0.4, 0.5) is 5.69 Å². The molecule has 0 saturated heterocycles. The van der Waals surface area contributed by atoms with E-state index in [2.05, 4.69) is 4.98 Å². The molecule has 0 saturated carbocycles. The molecule has 0 unspecified atom stereocenters. The predicted molar refractivity (Wildman–Crippen MR) is 69.0 cm³/mol. The maximum Gasteiger partial charge on any atom is 0.378 e. The van der Waals surface area contributed by atoms with Crippen LogP contribution in [0.3, 0.4) is 0 Å². The van der Waals surface area contributed by atoms with Crippen LogP contribution in [0.2, 0.25) is 0 Å². The molecule has 0 aliphatic rings. The Morgan fingerprint density at radius 1 is 1.16 bits per heavy atom. The van der Waals surface area contributed by atoms with Crippen molar-refractivity contribution >= 4 is 26.5 Å². The second-order valence-electron chi connectivity index (χ2n) is 4.15. The van der Waals surface area contributed by atoms with Crippen LogP contribution in [0, 0.1) is 5.39 Å². The highest BCUT2D eigenvalue weighted by molar-refractivity contribution is 7.89. The molecule has 0 aliphatic carbocycles. The van der Waals surface area contributed by atoms with E-state index >= 15 is 0 Å². The maximum absolute atomic E-state index is 12.2. The molecule has 0 aliphatic heterocycles. The summed E-state index contributed by atoms with van der Waals surface area (Å²) in [6.45, 7) is 0. The molecule has 0 heterocycles. The van der Waals surface area contributed by atoms with Gasteiger partial charge in [-0.2, -0.15) is 0 Å². The molecule has 6 nitrogen and oxygen atoms in total. The summed E-state index contributed by atoms with van der Waals surface area (Å²) in [5, 5.41) is 21.2. The van der Waals surface area contributed by atoms with E-state index in [4.69, 9.17) is 5.39 Å². The lowest BCUT2D eigenvalue weighted by atomic mass is 10.1. The lowest BCUT2D eigenvalue weighted by molar-refractivity contribution is -0.264. The summed E-state index contributed by atoms with van der Waals surface area (Å²) in [7, 11) is -0.798. The van der Waals surface area contributed by atoms with E-state index in [0.29, 0.717) is 5.39 Å². The Morgan fingerprint density at radius 2 is 1.84 bits per heavy atom. The monoisotopic (exact) mass is 277 g/mol. The standard InChI is InChI=1S/C12H11N3O3S/c1-15(2)19(17,18)11-5-3-4-9-8(11)6-7-10(14-13)12(9)16/h3-7H,1-2H3. The van der Waals surface area contributed by atoms with Crippen molar-refractivity contribution in [1.82, 2.24) is 4.31 Å². The van der Waals surface area contributed by atoms with Gasteiger partial charge in [-0.25, -0.2) is 12.7 Å². The Bertz CT molecular complexity index is 792. The summed E-state index contributed by atoms with van der Waals surface area (Å²) in [6, 6.07) is 7.18. The molecule has 0 atom stereocenters. The number of rotatable bonds is 2. The minimum absolute atomic E-state index is 0.0524. The van der Waals surface area contributed by atoms with Gasteiger partial charge >= 0.3 is 5.69 Å². The third-order valence-electron chi connectivity index (χ3n) is 2.82. The molecule has 0 amide bonds. The minimum atomic E-state index is -3.64. The van der Waals surface area contributed by atoms with E-state index in [-0.39, 0.29) is 16.0 Å². The first kappa shape index (κ1) is 13.3. The van der Waals surface area contributed by atoms with Crippen molar-refractivity contribution < 1.29 is 13.5 Å². The molecule has 0 aromatic heterocycles. The van der Waals surface area contributed by atoms with E-state index < -0.39 is 15.8 Å². The number of hydrogen-bond acceptors (Lipinski definition) is 4. The number of fused-ring (bicyclic) bond motifs is 1. The number of hydrogen-bond donors (Lipinski definition) is 0. The van der Waals surface area contributed by atoms with Crippen LogP contribution in [0.15, 0.2) is 35.2 Å². The molecule has 0 fully saturated rings. The van der Waals surface area contributed by atoms with E-state index in [0.717, 1.165) is 4.31 Å². The molecular formula is C12H11N3O3S. The topological polar surface area (TPSA) is 88.6 Å². The van der Waals surface area contributed by atoms with Crippen molar-refractivity contribution in [3.8, 4) is 5.75 Å². The van der Waals surface area contributed by atoms with Gasteiger partial charge < -0.3 is 5.11 Å². The third kappa shape index (κ3) is 2.01. The zero-order chi connectivity index (χ0) is 14.2. The molecular weight excluding hydrogens is 266 g/mol. The maximum atomic E-state index is 12.2. The van der Waals surface area contributed by atoms with Gasteiger partial charge in [-0.15, -0.1) is 0 Å². The molecule has 0 spiro atoms. The van der Waals surface area contributed by atoms with E-state index in [1.807, 2.05) is 0 Å². The van der Waals surface area contributed by atoms with Gasteiger partial charge in [-0.1, -0.05) is 12.1 Å². The Labute approximate surface area is 110 Å². The van der Waals surface area contributed by atoms with E-state index in [9.17, 15) is 13.5 Å². The predicted octanol–water partition coefficient (Wildman–Crippen LogP) is 1.65. The van der Waals surface area contributed by atoms with Crippen LogP contribution in [-0.4, -0.2) is 26.8 Å². The van der Waals surface area contributed by atoms with Crippen LogP contribution in [0.25, 0.3) is 15.7 Å². The van der Waals surface area contributed by atoms with Crippen molar-refractivity contribution in [3.63, 3.8) is 0 Å². The van der Waals surface area contributed by atoms with Crippen molar-refractivity contribution in [1.29, 1.82) is 5.39 Å². The average Bonchev–Trinajstić information content (AvgIpc) is 2.38. The summed E-state index contributed by atoms with van der Waals surface area (Å²) in [4.78, 5) is 2.93. The second-order valence-corrected chi connectivity index (χ2v) is 6.27. The first-order valence-electron chi connectivity index (χ1n) is 5.40. The molecule has 0 radical (unpaired) electrons. The van der Waals surface area contributed by atoms with Crippen molar-refractivity contribution in [3.05, 3.63) is 35.3 Å². The zero-order valence-corrected chi connectivity index (χ0v) is 11.2. The van der Waals surface area contributed by atoms with Crippen LogP contribution >= 0.6 is 0 Å². The number of sulfonamides is 1. The lowest BCUT2D eigenvalue weighted by Crippen LogP contribution is -2.22. The van der Waals surface area contributed by atoms with Crippen molar-refractivity contribution in [2.75, 3.05) is 14.1 Å². The van der Waals surface area contributed by atoms with Gasteiger partial charge in [0.1, 0.15) is 0 Å². The molecule has 0 N–H and O–H groups in total. The SMILES string of the molecule is CN(C)S(=O)(=O)c1cccc2c([O-])c([N+]#N)ccc12. The fourth-order valence-corrected chi connectivity index (χ4v) is 2.89. The Hall–Kier alpha value is -2.17. The van der Waals surface area contributed by atoms with Gasteiger partial charge in [-0.05, 0) is 23.3 Å².